The predicted octanol–water partition coefficient (Wildman–Crippen LogP) is 3.62. The third-order valence-electron chi connectivity index (χ3n) is 5.28. The van der Waals surface area contributed by atoms with Crippen molar-refractivity contribution in [3.8, 4) is 0 Å². The molecule has 6 nitrogen and oxygen atoms in total. The van der Waals surface area contributed by atoms with Gasteiger partial charge in [-0.1, -0.05) is 42.8 Å². The van der Waals surface area contributed by atoms with Crippen LogP contribution in [0.1, 0.15) is 36.0 Å². The summed E-state index contributed by atoms with van der Waals surface area (Å²) in [6.45, 7) is 3.42. The second kappa shape index (κ2) is 8.25. The van der Waals surface area contributed by atoms with Gasteiger partial charge >= 0.3 is 12.0 Å². The van der Waals surface area contributed by atoms with Gasteiger partial charge in [-0.3, -0.25) is 14.9 Å². The van der Waals surface area contributed by atoms with Crippen LogP contribution in [0.15, 0.2) is 48.5 Å². The van der Waals surface area contributed by atoms with Crippen LogP contribution in [0.3, 0.4) is 0 Å². The van der Waals surface area contributed by atoms with Crippen LogP contribution in [0.5, 0.6) is 0 Å². The molecule has 0 spiro atoms. The summed E-state index contributed by atoms with van der Waals surface area (Å²) in [5.74, 6) is -1.09. The zero-order chi connectivity index (χ0) is 20.1. The first-order chi connectivity index (χ1) is 13.4. The molecule has 1 saturated carbocycles. The zero-order valence-electron chi connectivity index (χ0n) is 16.1. The maximum absolute atomic E-state index is 12.6. The smallest absolute Gasteiger partial charge is 0.325 e. The third kappa shape index (κ3) is 4.22. The molecule has 0 heterocycles. The van der Waals surface area contributed by atoms with E-state index in [-0.39, 0.29) is 0 Å². The number of imide groups is 1. The van der Waals surface area contributed by atoms with Crippen LogP contribution < -0.4 is 10.6 Å². The molecule has 0 bridgehead atoms. The van der Waals surface area contributed by atoms with Gasteiger partial charge in [0.05, 0.1) is 5.41 Å². The van der Waals surface area contributed by atoms with Crippen LogP contribution in [-0.4, -0.2) is 24.5 Å². The SMILES string of the molecule is Cc1ccc(NC(=O)NC(=O)COC(=O)C2(c3ccccc3)CCC2)cc1C. The molecule has 3 rings (SSSR count). The first-order valence-corrected chi connectivity index (χ1v) is 9.31. The molecule has 0 aromatic heterocycles. The molecule has 2 aromatic carbocycles. The molecule has 0 radical (unpaired) electrons. The summed E-state index contributed by atoms with van der Waals surface area (Å²) in [6.07, 6.45) is 2.34. The normalized spacial score (nSPS) is 14.5. The van der Waals surface area contributed by atoms with Crippen molar-refractivity contribution < 1.29 is 19.1 Å². The van der Waals surface area contributed by atoms with Gasteiger partial charge < -0.3 is 10.1 Å². The van der Waals surface area contributed by atoms with Crippen molar-refractivity contribution in [2.45, 2.75) is 38.5 Å². The Balaban J connectivity index is 1.51. The minimum Gasteiger partial charge on any atom is -0.455 e. The topological polar surface area (TPSA) is 84.5 Å². The number of ether oxygens (including phenoxy) is 1. The number of benzene rings is 2. The molecular formula is C22H24N2O4. The number of amides is 3. The molecule has 28 heavy (non-hydrogen) atoms. The third-order valence-corrected chi connectivity index (χ3v) is 5.28. The lowest BCUT2D eigenvalue weighted by Crippen LogP contribution is -2.45. The second-order valence-corrected chi connectivity index (χ2v) is 7.18. The highest BCUT2D eigenvalue weighted by molar-refractivity contribution is 6.02. The first kappa shape index (κ1) is 19.6. The van der Waals surface area contributed by atoms with Crippen molar-refractivity contribution in [2.24, 2.45) is 0 Å². The summed E-state index contributed by atoms with van der Waals surface area (Å²) in [7, 11) is 0. The van der Waals surface area contributed by atoms with Crippen molar-refractivity contribution in [3.05, 3.63) is 65.2 Å². The van der Waals surface area contributed by atoms with Gasteiger partial charge in [0, 0.05) is 5.69 Å². The van der Waals surface area contributed by atoms with E-state index in [1.807, 2.05) is 56.3 Å². The van der Waals surface area contributed by atoms with Gasteiger partial charge in [0.25, 0.3) is 5.91 Å². The van der Waals surface area contributed by atoms with Gasteiger partial charge in [-0.15, -0.1) is 0 Å². The molecule has 146 valence electrons. The van der Waals surface area contributed by atoms with E-state index >= 15 is 0 Å². The maximum Gasteiger partial charge on any atom is 0.325 e. The number of esters is 1. The number of carbonyl (C=O) groups is 3. The van der Waals surface area contributed by atoms with E-state index in [1.165, 1.54) is 0 Å². The van der Waals surface area contributed by atoms with Gasteiger partial charge in [0.1, 0.15) is 0 Å². The number of carbonyl (C=O) groups excluding carboxylic acids is 3. The summed E-state index contributed by atoms with van der Waals surface area (Å²) < 4.78 is 5.22. The highest BCUT2D eigenvalue weighted by atomic mass is 16.5. The van der Waals surface area contributed by atoms with Gasteiger partial charge in [0.2, 0.25) is 0 Å². The Morgan fingerprint density at radius 3 is 2.32 bits per heavy atom. The summed E-state index contributed by atoms with van der Waals surface area (Å²) in [5, 5.41) is 4.77. The molecule has 3 amide bonds. The number of aryl methyl sites for hydroxylation is 2. The minimum absolute atomic E-state index is 0.422. The summed E-state index contributed by atoms with van der Waals surface area (Å²) in [6, 6.07) is 14.3. The van der Waals surface area contributed by atoms with Crippen LogP contribution >= 0.6 is 0 Å². The fourth-order valence-corrected chi connectivity index (χ4v) is 3.31. The lowest BCUT2D eigenvalue weighted by atomic mass is 9.64. The quantitative estimate of drug-likeness (QED) is 0.776. The Morgan fingerprint density at radius 1 is 1.00 bits per heavy atom. The molecule has 1 fully saturated rings. The number of nitrogens with one attached hydrogen (secondary N) is 2. The molecule has 1 aliphatic rings. The highest BCUT2D eigenvalue weighted by Gasteiger charge is 2.47. The highest BCUT2D eigenvalue weighted by Crippen LogP contribution is 2.44. The molecule has 2 N–H and O–H groups in total. The average Bonchev–Trinajstić information content (AvgIpc) is 2.63. The van der Waals surface area contributed by atoms with E-state index in [0.717, 1.165) is 23.1 Å². The largest absolute Gasteiger partial charge is 0.455 e. The van der Waals surface area contributed by atoms with E-state index in [9.17, 15) is 14.4 Å². The molecule has 0 saturated heterocycles. The van der Waals surface area contributed by atoms with Gasteiger partial charge in [0.15, 0.2) is 6.61 Å². The van der Waals surface area contributed by atoms with Gasteiger partial charge in [-0.2, -0.15) is 0 Å². The van der Waals surface area contributed by atoms with E-state index < -0.39 is 29.9 Å². The molecule has 2 aromatic rings. The zero-order valence-corrected chi connectivity index (χ0v) is 16.1. The van der Waals surface area contributed by atoms with Gasteiger partial charge in [-0.05, 0) is 55.5 Å². The van der Waals surface area contributed by atoms with Gasteiger partial charge in [-0.25, -0.2) is 4.79 Å². The van der Waals surface area contributed by atoms with E-state index in [0.29, 0.717) is 18.5 Å². The standard InChI is InChI=1S/C22H24N2O4/c1-15-9-10-18(13-16(15)2)23-21(27)24-19(25)14-28-20(26)22(11-6-12-22)17-7-4-3-5-8-17/h3-5,7-10,13H,6,11-12,14H2,1-2H3,(H2,23,24,25,27). The van der Waals surface area contributed by atoms with Crippen LogP contribution in [0.4, 0.5) is 10.5 Å². The van der Waals surface area contributed by atoms with E-state index in [1.54, 1.807) is 6.07 Å². The lowest BCUT2D eigenvalue weighted by molar-refractivity contribution is -0.157. The summed E-state index contributed by atoms with van der Waals surface area (Å²) in [5.41, 5.74) is 2.95. The molecular weight excluding hydrogens is 356 g/mol. The van der Waals surface area contributed by atoms with Crippen LogP contribution in [-0.2, 0) is 19.7 Å². The summed E-state index contributed by atoms with van der Waals surface area (Å²) in [4.78, 5) is 36.6. The van der Waals surface area contributed by atoms with Crippen LogP contribution in [0.2, 0.25) is 0 Å². The van der Waals surface area contributed by atoms with Crippen molar-refractivity contribution in [1.82, 2.24) is 5.32 Å². The fraction of sp³-hybridized carbons (Fsp3) is 0.318. The Morgan fingerprint density at radius 2 is 1.71 bits per heavy atom. The van der Waals surface area contributed by atoms with Crippen LogP contribution in [0.25, 0.3) is 0 Å². The number of anilines is 1. The Hall–Kier alpha value is -3.15. The second-order valence-electron chi connectivity index (χ2n) is 7.18. The molecule has 0 unspecified atom stereocenters. The fourth-order valence-electron chi connectivity index (χ4n) is 3.31. The van der Waals surface area contributed by atoms with Crippen molar-refractivity contribution in [2.75, 3.05) is 11.9 Å². The number of hydrogen-bond acceptors (Lipinski definition) is 4. The number of rotatable bonds is 5. The molecule has 6 heteroatoms. The monoisotopic (exact) mass is 380 g/mol. The van der Waals surface area contributed by atoms with Crippen molar-refractivity contribution in [3.63, 3.8) is 0 Å². The van der Waals surface area contributed by atoms with Crippen molar-refractivity contribution >= 4 is 23.6 Å². The predicted molar refractivity (Wildman–Crippen MR) is 106 cm³/mol. The molecule has 1 aliphatic carbocycles. The molecule has 0 aliphatic heterocycles. The maximum atomic E-state index is 12.6. The Labute approximate surface area is 164 Å². The Kier molecular flexibility index (Phi) is 5.78. The van der Waals surface area contributed by atoms with E-state index in [2.05, 4.69) is 10.6 Å². The van der Waals surface area contributed by atoms with E-state index in [4.69, 9.17) is 4.74 Å². The average molecular weight is 380 g/mol. The minimum atomic E-state index is -0.677. The first-order valence-electron chi connectivity index (χ1n) is 9.31. The number of hydrogen-bond donors (Lipinski definition) is 2. The molecule has 0 atom stereocenters. The number of urea groups is 1. The summed E-state index contributed by atoms with van der Waals surface area (Å²) >= 11 is 0. The Bertz CT molecular complexity index is 889. The lowest BCUT2D eigenvalue weighted by Gasteiger charge is -2.39. The van der Waals surface area contributed by atoms with Crippen LogP contribution in [0, 0.1) is 13.8 Å². The van der Waals surface area contributed by atoms with Crippen molar-refractivity contribution in [1.29, 1.82) is 0 Å².